The lowest BCUT2D eigenvalue weighted by atomic mass is 9.94. The minimum atomic E-state index is -3.33. The van der Waals surface area contributed by atoms with Crippen molar-refractivity contribution in [2.45, 2.75) is 30.1 Å². The number of carbonyl (C=O) groups is 1. The summed E-state index contributed by atoms with van der Waals surface area (Å²) in [4.78, 5) is 13.3. The highest BCUT2D eigenvalue weighted by atomic mass is 35.5. The van der Waals surface area contributed by atoms with E-state index in [-0.39, 0.29) is 10.7 Å². The van der Waals surface area contributed by atoms with Crippen molar-refractivity contribution >= 4 is 27.2 Å². The molecular formula is C21H18ClNO4S. The first-order valence-corrected chi connectivity index (χ1v) is 11.2. The van der Waals surface area contributed by atoms with E-state index in [1.807, 2.05) is 18.2 Å². The van der Waals surface area contributed by atoms with E-state index in [1.54, 1.807) is 12.1 Å². The van der Waals surface area contributed by atoms with Crippen LogP contribution in [0.2, 0.25) is 5.02 Å². The Morgan fingerprint density at radius 1 is 1.14 bits per heavy atom. The van der Waals surface area contributed by atoms with Crippen molar-refractivity contribution < 1.29 is 17.7 Å². The average Bonchev–Trinajstić information content (AvgIpc) is 3.39. The van der Waals surface area contributed by atoms with Crippen LogP contribution in [0.1, 0.15) is 51.5 Å². The zero-order valence-corrected chi connectivity index (χ0v) is 16.8. The molecule has 0 aliphatic heterocycles. The summed E-state index contributed by atoms with van der Waals surface area (Å²) in [6.45, 7) is 0. The molecule has 0 bridgehead atoms. The van der Waals surface area contributed by atoms with Gasteiger partial charge in [-0.1, -0.05) is 47.1 Å². The van der Waals surface area contributed by atoms with E-state index >= 15 is 0 Å². The van der Waals surface area contributed by atoms with Crippen molar-refractivity contribution in [3.8, 4) is 0 Å². The molecule has 7 heteroatoms. The van der Waals surface area contributed by atoms with Crippen LogP contribution in [0.5, 0.6) is 0 Å². The summed E-state index contributed by atoms with van der Waals surface area (Å²) in [5, 5.41) is 4.37. The van der Waals surface area contributed by atoms with Crippen molar-refractivity contribution in [1.82, 2.24) is 5.16 Å². The lowest BCUT2D eigenvalue weighted by Crippen LogP contribution is -2.08. The Bertz CT molecular complexity index is 1160. The number of benzene rings is 2. The molecule has 1 aromatic heterocycles. The monoisotopic (exact) mass is 415 g/mol. The summed E-state index contributed by atoms with van der Waals surface area (Å²) in [5.41, 5.74) is 3.37. The molecule has 0 unspecified atom stereocenters. The normalized spacial score (nSPS) is 14.2. The van der Waals surface area contributed by atoms with Gasteiger partial charge in [0.2, 0.25) is 0 Å². The van der Waals surface area contributed by atoms with E-state index in [1.165, 1.54) is 18.4 Å². The molecule has 0 saturated heterocycles. The Balaban J connectivity index is 1.67. The third-order valence-corrected chi connectivity index (χ3v) is 6.36. The molecule has 144 valence electrons. The van der Waals surface area contributed by atoms with Crippen LogP contribution in [0, 0.1) is 0 Å². The lowest BCUT2D eigenvalue weighted by molar-refractivity contribution is 0.103. The van der Waals surface area contributed by atoms with Crippen molar-refractivity contribution in [1.29, 1.82) is 0 Å². The summed E-state index contributed by atoms with van der Waals surface area (Å²) in [6, 6.07) is 12.0. The van der Waals surface area contributed by atoms with Crippen molar-refractivity contribution in [2.24, 2.45) is 0 Å². The van der Waals surface area contributed by atoms with Gasteiger partial charge in [0.05, 0.1) is 16.2 Å². The smallest absolute Gasteiger partial charge is 0.198 e. The fourth-order valence-electron chi connectivity index (χ4n) is 3.21. The van der Waals surface area contributed by atoms with Crippen LogP contribution in [0.25, 0.3) is 0 Å². The van der Waals surface area contributed by atoms with Gasteiger partial charge in [0, 0.05) is 22.8 Å². The van der Waals surface area contributed by atoms with Crippen LogP contribution in [-0.2, 0) is 16.3 Å². The van der Waals surface area contributed by atoms with E-state index in [0.29, 0.717) is 28.5 Å². The number of ketones is 1. The number of sulfone groups is 1. The molecule has 1 saturated carbocycles. The second kappa shape index (κ2) is 7.18. The Kier molecular flexibility index (Phi) is 4.85. The van der Waals surface area contributed by atoms with Gasteiger partial charge in [-0.05, 0) is 42.5 Å². The molecule has 28 heavy (non-hydrogen) atoms. The number of hydrogen-bond acceptors (Lipinski definition) is 5. The number of nitrogens with zero attached hydrogens (tertiary/aromatic N) is 1. The van der Waals surface area contributed by atoms with Crippen LogP contribution in [0.3, 0.4) is 0 Å². The molecule has 1 fully saturated rings. The van der Waals surface area contributed by atoms with Gasteiger partial charge >= 0.3 is 0 Å². The van der Waals surface area contributed by atoms with Crippen molar-refractivity contribution in [2.75, 3.05) is 6.26 Å². The predicted molar refractivity (Wildman–Crippen MR) is 106 cm³/mol. The van der Waals surface area contributed by atoms with Gasteiger partial charge in [-0.2, -0.15) is 0 Å². The van der Waals surface area contributed by atoms with E-state index in [0.717, 1.165) is 35.9 Å². The fourth-order valence-corrected chi connectivity index (χ4v) is 4.17. The first kappa shape index (κ1) is 18.9. The maximum absolute atomic E-state index is 13.1. The van der Waals surface area contributed by atoms with Gasteiger partial charge in [0.25, 0.3) is 0 Å². The first-order valence-electron chi connectivity index (χ1n) is 8.90. The number of halogens is 1. The average molecular weight is 416 g/mol. The Hall–Kier alpha value is -2.44. The van der Waals surface area contributed by atoms with Gasteiger partial charge in [-0.25, -0.2) is 8.42 Å². The molecule has 5 nitrogen and oxygen atoms in total. The molecule has 1 aliphatic carbocycles. The van der Waals surface area contributed by atoms with Gasteiger partial charge in [0.1, 0.15) is 6.26 Å². The van der Waals surface area contributed by atoms with E-state index in [9.17, 15) is 13.2 Å². The Morgan fingerprint density at radius 2 is 1.89 bits per heavy atom. The van der Waals surface area contributed by atoms with Crippen LogP contribution in [0.15, 0.2) is 58.1 Å². The number of aromatic nitrogens is 1. The SMILES string of the molecule is CS(=O)(=O)c1ccc(Cc2ccccc2C(=O)c2conc2C2CC2)c(Cl)c1. The molecule has 4 rings (SSSR count). The molecule has 2 aromatic carbocycles. The molecule has 0 radical (unpaired) electrons. The topological polar surface area (TPSA) is 77.2 Å². The minimum absolute atomic E-state index is 0.123. The fraction of sp³-hybridized carbons (Fsp3) is 0.238. The number of rotatable bonds is 6. The molecule has 0 spiro atoms. The van der Waals surface area contributed by atoms with E-state index < -0.39 is 9.84 Å². The minimum Gasteiger partial charge on any atom is -0.364 e. The molecule has 1 heterocycles. The quantitative estimate of drug-likeness (QED) is 0.556. The maximum Gasteiger partial charge on any atom is 0.198 e. The summed E-state index contributed by atoms with van der Waals surface area (Å²) < 4.78 is 28.5. The Labute approximate surface area is 168 Å². The predicted octanol–water partition coefficient (Wildman–Crippen LogP) is 4.43. The van der Waals surface area contributed by atoms with Gasteiger partial charge in [0.15, 0.2) is 15.6 Å². The molecule has 1 aliphatic rings. The third-order valence-electron chi connectivity index (χ3n) is 4.90. The van der Waals surface area contributed by atoms with E-state index in [4.69, 9.17) is 16.1 Å². The molecular weight excluding hydrogens is 398 g/mol. The van der Waals surface area contributed by atoms with E-state index in [2.05, 4.69) is 5.16 Å². The second-order valence-corrected chi connectivity index (χ2v) is 9.50. The number of carbonyl (C=O) groups excluding carboxylic acids is 1. The molecule has 0 atom stereocenters. The standard InChI is InChI=1S/C21H18ClNO4S/c1-28(25,26)16-9-8-15(19(22)11-16)10-14-4-2-3-5-17(14)21(24)18-12-27-23-20(18)13-6-7-13/h2-5,8-9,11-13H,6-7,10H2,1H3. The zero-order valence-electron chi connectivity index (χ0n) is 15.2. The summed E-state index contributed by atoms with van der Waals surface area (Å²) in [5.74, 6) is 0.186. The van der Waals surface area contributed by atoms with Gasteiger partial charge < -0.3 is 4.52 Å². The molecule has 0 amide bonds. The van der Waals surface area contributed by atoms with Crippen molar-refractivity contribution in [3.63, 3.8) is 0 Å². The van der Waals surface area contributed by atoms with Gasteiger partial charge in [-0.15, -0.1) is 0 Å². The van der Waals surface area contributed by atoms with Crippen LogP contribution >= 0.6 is 11.6 Å². The third kappa shape index (κ3) is 3.75. The number of hydrogen-bond donors (Lipinski definition) is 0. The molecule has 0 N–H and O–H groups in total. The summed E-state index contributed by atoms with van der Waals surface area (Å²) in [7, 11) is -3.33. The summed E-state index contributed by atoms with van der Waals surface area (Å²) in [6.07, 6.45) is 5.02. The van der Waals surface area contributed by atoms with Crippen LogP contribution in [0.4, 0.5) is 0 Å². The second-order valence-electron chi connectivity index (χ2n) is 7.08. The largest absolute Gasteiger partial charge is 0.364 e. The lowest BCUT2D eigenvalue weighted by Gasteiger charge is -2.11. The maximum atomic E-state index is 13.1. The van der Waals surface area contributed by atoms with Crippen molar-refractivity contribution in [3.05, 3.63) is 81.7 Å². The highest BCUT2D eigenvalue weighted by Crippen LogP contribution is 2.41. The highest BCUT2D eigenvalue weighted by Gasteiger charge is 2.32. The zero-order chi connectivity index (χ0) is 19.9. The van der Waals surface area contributed by atoms with Crippen LogP contribution < -0.4 is 0 Å². The highest BCUT2D eigenvalue weighted by molar-refractivity contribution is 7.90. The summed E-state index contributed by atoms with van der Waals surface area (Å²) >= 11 is 6.32. The Morgan fingerprint density at radius 3 is 2.57 bits per heavy atom. The first-order chi connectivity index (χ1) is 13.3. The van der Waals surface area contributed by atoms with Gasteiger partial charge in [-0.3, -0.25) is 4.79 Å². The molecule has 3 aromatic rings. The van der Waals surface area contributed by atoms with Crippen LogP contribution in [-0.4, -0.2) is 25.6 Å².